The first-order valence-electron chi connectivity index (χ1n) is 5.26. The highest BCUT2D eigenvalue weighted by Crippen LogP contribution is 2.18. The number of thiazole rings is 1. The van der Waals surface area contributed by atoms with Gasteiger partial charge in [0.05, 0.1) is 18.4 Å². The minimum Gasteiger partial charge on any atom is -0.326 e. The Labute approximate surface area is 99.1 Å². The summed E-state index contributed by atoms with van der Waals surface area (Å²) in [5, 5.41) is 5.43. The van der Waals surface area contributed by atoms with Gasteiger partial charge >= 0.3 is 0 Å². The van der Waals surface area contributed by atoms with E-state index in [1.807, 2.05) is 24.7 Å². The van der Waals surface area contributed by atoms with Crippen molar-refractivity contribution in [1.82, 2.24) is 14.8 Å². The number of nitrogens with zero attached hydrogens (tertiary/aromatic N) is 3. The zero-order valence-electron chi connectivity index (χ0n) is 9.82. The molecule has 0 aromatic carbocycles. The number of hydrogen-bond acceptors (Lipinski definition) is 4. The Morgan fingerprint density at radius 1 is 1.38 bits per heavy atom. The summed E-state index contributed by atoms with van der Waals surface area (Å²) in [6.45, 7) is 7.46. The molecule has 5 heteroatoms. The fourth-order valence-electron chi connectivity index (χ4n) is 1.58. The molecule has 4 nitrogen and oxygen atoms in total. The van der Waals surface area contributed by atoms with Gasteiger partial charge in [-0.25, -0.2) is 4.98 Å². The molecule has 2 rings (SSSR count). The predicted molar refractivity (Wildman–Crippen MR) is 65.5 cm³/mol. The number of aryl methyl sites for hydroxylation is 2. The van der Waals surface area contributed by atoms with Crippen LogP contribution in [0, 0.1) is 20.8 Å². The molecule has 0 unspecified atom stereocenters. The smallest absolute Gasteiger partial charge is 0.115 e. The molecule has 2 heterocycles. The molecule has 0 fully saturated rings. The molecule has 0 bridgehead atoms. The van der Waals surface area contributed by atoms with Crippen LogP contribution in [0.4, 0.5) is 0 Å². The third-order valence-electron chi connectivity index (χ3n) is 2.78. The minimum absolute atomic E-state index is 0.543. The maximum absolute atomic E-state index is 5.62. The average Bonchev–Trinajstić information content (AvgIpc) is 2.74. The van der Waals surface area contributed by atoms with Crippen LogP contribution in [0.15, 0.2) is 6.20 Å². The van der Waals surface area contributed by atoms with E-state index in [9.17, 15) is 0 Å². The molecular formula is C11H16N4S. The highest BCUT2D eigenvalue weighted by molar-refractivity contribution is 7.11. The van der Waals surface area contributed by atoms with Crippen LogP contribution in [0.5, 0.6) is 0 Å². The van der Waals surface area contributed by atoms with Gasteiger partial charge < -0.3 is 5.73 Å². The van der Waals surface area contributed by atoms with Crippen molar-refractivity contribution in [2.45, 2.75) is 33.9 Å². The first kappa shape index (κ1) is 11.3. The molecule has 2 aromatic heterocycles. The molecule has 86 valence electrons. The molecule has 0 aliphatic heterocycles. The van der Waals surface area contributed by atoms with E-state index in [1.165, 1.54) is 4.88 Å². The molecule has 0 aliphatic rings. The van der Waals surface area contributed by atoms with Crippen LogP contribution in [-0.4, -0.2) is 14.8 Å². The van der Waals surface area contributed by atoms with Crippen LogP contribution >= 0.6 is 11.3 Å². The Balaban J connectivity index is 2.23. The molecule has 16 heavy (non-hydrogen) atoms. The lowest BCUT2D eigenvalue weighted by molar-refractivity contribution is 0.659. The molecule has 0 amide bonds. The van der Waals surface area contributed by atoms with Gasteiger partial charge in [0.15, 0.2) is 0 Å². The standard InChI is InChI=1S/C11H16N4S/c1-7-9(3)16-11(14-7)6-15-8(2)10(4-12)5-13-15/h5H,4,6,12H2,1-3H3. The summed E-state index contributed by atoms with van der Waals surface area (Å²) >= 11 is 1.73. The second-order valence-corrected chi connectivity index (χ2v) is 5.15. The van der Waals surface area contributed by atoms with Crippen LogP contribution in [-0.2, 0) is 13.1 Å². The summed E-state index contributed by atoms with van der Waals surface area (Å²) < 4.78 is 1.96. The zero-order valence-corrected chi connectivity index (χ0v) is 10.6. The van der Waals surface area contributed by atoms with E-state index < -0.39 is 0 Å². The lowest BCUT2D eigenvalue weighted by Gasteiger charge is -2.01. The second kappa shape index (κ2) is 4.35. The van der Waals surface area contributed by atoms with E-state index in [1.54, 1.807) is 11.3 Å². The molecule has 0 saturated carbocycles. The monoisotopic (exact) mass is 236 g/mol. The van der Waals surface area contributed by atoms with Crippen LogP contribution in [0.25, 0.3) is 0 Å². The van der Waals surface area contributed by atoms with Crippen molar-refractivity contribution in [1.29, 1.82) is 0 Å². The van der Waals surface area contributed by atoms with Gasteiger partial charge in [-0.15, -0.1) is 11.3 Å². The Morgan fingerprint density at radius 3 is 2.62 bits per heavy atom. The lowest BCUT2D eigenvalue weighted by atomic mass is 10.3. The van der Waals surface area contributed by atoms with E-state index >= 15 is 0 Å². The summed E-state index contributed by atoms with van der Waals surface area (Å²) in [5.74, 6) is 0. The van der Waals surface area contributed by atoms with E-state index in [-0.39, 0.29) is 0 Å². The van der Waals surface area contributed by atoms with Crippen molar-refractivity contribution in [3.63, 3.8) is 0 Å². The minimum atomic E-state index is 0.543. The van der Waals surface area contributed by atoms with E-state index in [2.05, 4.69) is 17.0 Å². The fourth-order valence-corrected chi connectivity index (χ4v) is 2.50. The van der Waals surface area contributed by atoms with Crippen molar-refractivity contribution in [2.75, 3.05) is 0 Å². The first-order valence-corrected chi connectivity index (χ1v) is 6.07. The molecule has 2 aromatic rings. The topological polar surface area (TPSA) is 56.7 Å². The van der Waals surface area contributed by atoms with Crippen LogP contribution in [0.3, 0.4) is 0 Å². The third-order valence-corrected chi connectivity index (χ3v) is 3.84. The Hall–Kier alpha value is -1.20. The van der Waals surface area contributed by atoms with Gasteiger partial charge in [-0.05, 0) is 20.8 Å². The Kier molecular flexibility index (Phi) is 3.07. The molecule has 0 spiro atoms. The van der Waals surface area contributed by atoms with Gasteiger partial charge in [0.25, 0.3) is 0 Å². The van der Waals surface area contributed by atoms with Crippen molar-refractivity contribution in [3.05, 3.63) is 33.0 Å². The van der Waals surface area contributed by atoms with Gasteiger partial charge in [0, 0.05) is 22.7 Å². The third kappa shape index (κ3) is 2.01. The van der Waals surface area contributed by atoms with E-state index in [4.69, 9.17) is 5.73 Å². The Bertz CT molecular complexity index is 479. The van der Waals surface area contributed by atoms with Crippen molar-refractivity contribution < 1.29 is 0 Å². The van der Waals surface area contributed by atoms with Crippen molar-refractivity contribution in [2.24, 2.45) is 5.73 Å². The Morgan fingerprint density at radius 2 is 2.12 bits per heavy atom. The fraction of sp³-hybridized carbons (Fsp3) is 0.455. The van der Waals surface area contributed by atoms with E-state index in [0.29, 0.717) is 6.54 Å². The summed E-state index contributed by atoms with van der Waals surface area (Å²) in [5.41, 5.74) is 8.97. The molecule has 0 aliphatic carbocycles. The first-order chi connectivity index (χ1) is 7.61. The largest absolute Gasteiger partial charge is 0.326 e. The van der Waals surface area contributed by atoms with Gasteiger partial charge in [-0.1, -0.05) is 0 Å². The molecule has 0 atom stereocenters. The predicted octanol–water partition coefficient (Wildman–Crippen LogP) is 1.77. The summed E-state index contributed by atoms with van der Waals surface area (Å²) in [6.07, 6.45) is 1.84. The highest BCUT2D eigenvalue weighted by Gasteiger charge is 2.08. The van der Waals surface area contributed by atoms with Crippen molar-refractivity contribution in [3.8, 4) is 0 Å². The summed E-state index contributed by atoms with van der Waals surface area (Å²) in [4.78, 5) is 5.78. The maximum Gasteiger partial charge on any atom is 0.115 e. The molecule has 0 radical (unpaired) electrons. The SMILES string of the molecule is Cc1nc(Cn2ncc(CN)c2C)sc1C. The normalized spacial score (nSPS) is 11.0. The average molecular weight is 236 g/mol. The van der Waals surface area contributed by atoms with Crippen molar-refractivity contribution >= 4 is 11.3 Å². The van der Waals surface area contributed by atoms with E-state index in [0.717, 1.165) is 28.5 Å². The maximum atomic E-state index is 5.62. The highest BCUT2D eigenvalue weighted by atomic mass is 32.1. The number of hydrogen-bond donors (Lipinski definition) is 1. The summed E-state index contributed by atoms with van der Waals surface area (Å²) in [6, 6.07) is 0. The quantitative estimate of drug-likeness (QED) is 0.883. The van der Waals surface area contributed by atoms with Gasteiger partial charge in [-0.3, -0.25) is 4.68 Å². The second-order valence-electron chi connectivity index (χ2n) is 3.87. The zero-order chi connectivity index (χ0) is 11.7. The van der Waals surface area contributed by atoms with Crippen LogP contribution < -0.4 is 5.73 Å². The molecular weight excluding hydrogens is 220 g/mol. The van der Waals surface area contributed by atoms with Gasteiger partial charge in [0.2, 0.25) is 0 Å². The number of aromatic nitrogens is 3. The van der Waals surface area contributed by atoms with Gasteiger partial charge in [0.1, 0.15) is 5.01 Å². The van der Waals surface area contributed by atoms with Crippen LogP contribution in [0.2, 0.25) is 0 Å². The number of nitrogens with two attached hydrogens (primary N) is 1. The molecule has 2 N–H and O–H groups in total. The molecule has 0 saturated heterocycles. The van der Waals surface area contributed by atoms with Gasteiger partial charge in [-0.2, -0.15) is 5.10 Å². The summed E-state index contributed by atoms with van der Waals surface area (Å²) in [7, 11) is 0. The lowest BCUT2D eigenvalue weighted by Crippen LogP contribution is -2.05. The van der Waals surface area contributed by atoms with Crippen LogP contribution in [0.1, 0.15) is 26.8 Å². The number of rotatable bonds is 3.